The molecular weight excluding hydrogens is 316 g/mol. The second kappa shape index (κ2) is 5.07. The van der Waals surface area contributed by atoms with Crippen LogP contribution >= 0.6 is 15.9 Å². The number of hydrogen-bond donors (Lipinski definition) is 0. The van der Waals surface area contributed by atoms with Crippen LogP contribution in [0.4, 0.5) is 0 Å². The zero-order chi connectivity index (χ0) is 14.1. The first kappa shape index (κ1) is 12.8. The van der Waals surface area contributed by atoms with Crippen molar-refractivity contribution in [2.45, 2.75) is 0 Å². The first-order valence-electron chi connectivity index (χ1n) is 6.09. The molecule has 2 aromatic rings. The van der Waals surface area contributed by atoms with E-state index in [4.69, 9.17) is 0 Å². The molecule has 1 aliphatic carbocycles. The Morgan fingerprint density at radius 2 is 1.50 bits per heavy atom. The SMILES string of the molecule is O=C1C(=O)c2ccc(C#CCBr)cc2-c2ccccc21. The van der Waals surface area contributed by atoms with Crippen LogP contribution in [0.25, 0.3) is 11.1 Å². The van der Waals surface area contributed by atoms with Crippen molar-refractivity contribution in [1.82, 2.24) is 0 Å². The number of ketones is 2. The molecule has 0 unspecified atom stereocenters. The fourth-order valence-corrected chi connectivity index (χ4v) is 2.48. The summed E-state index contributed by atoms with van der Waals surface area (Å²) in [5.41, 5.74) is 3.34. The number of rotatable bonds is 0. The number of carbonyl (C=O) groups excluding carboxylic acids is 2. The molecule has 3 heteroatoms. The number of alkyl halides is 1. The summed E-state index contributed by atoms with van der Waals surface area (Å²) in [6.45, 7) is 0. The fourth-order valence-electron chi connectivity index (χ4n) is 2.34. The molecule has 0 aromatic heterocycles. The van der Waals surface area contributed by atoms with Gasteiger partial charge in [0.1, 0.15) is 0 Å². The Morgan fingerprint density at radius 3 is 2.20 bits per heavy atom. The van der Waals surface area contributed by atoms with Gasteiger partial charge in [-0.3, -0.25) is 9.59 Å². The van der Waals surface area contributed by atoms with E-state index in [2.05, 4.69) is 27.8 Å². The molecule has 3 rings (SSSR count). The van der Waals surface area contributed by atoms with E-state index < -0.39 is 11.6 Å². The van der Waals surface area contributed by atoms with Gasteiger partial charge in [-0.05, 0) is 29.3 Å². The lowest BCUT2D eigenvalue weighted by Gasteiger charge is -2.17. The van der Waals surface area contributed by atoms with Crippen LogP contribution in [0.3, 0.4) is 0 Å². The molecule has 20 heavy (non-hydrogen) atoms. The Bertz CT molecular complexity index is 794. The van der Waals surface area contributed by atoms with Gasteiger partial charge < -0.3 is 0 Å². The summed E-state index contributed by atoms with van der Waals surface area (Å²) in [5.74, 6) is 5.06. The van der Waals surface area contributed by atoms with Crippen molar-refractivity contribution in [2.75, 3.05) is 5.33 Å². The van der Waals surface area contributed by atoms with Crippen molar-refractivity contribution < 1.29 is 9.59 Å². The van der Waals surface area contributed by atoms with Gasteiger partial charge in [-0.15, -0.1) is 0 Å². The van der Waals surface area contributed by atoms with Crippen LogP contribution in [0.2, 0.25) is 0 Å². The topological polar surface area (TPSA) is 34.1 Å². The van der Waals surface area contributed by atoms with E-state index in [0.717, 1.165) is 16.7 Å². The largest absolute Gasteiger partial charge is 0.285 e. The molecule has 0 aliphatic heterocycles. The van der Waals surface area contributed by atoms with E-state index in [1.807, 2.05) is 18.2 Å². The molecule has 0 atom stereocenters. The lowest BCUT2D eigenvalue weighted by Crippen LogP contribution is -2.21. The first-order chi connectivity index (χ1) is 9.72. The number of carbonyl (C=O) groups is 2. The highest BCUT2D eigenvalue weighted by atomic mass is 79.9. The maximum Gasteiger partial charge on any atom is 0.234 e. The van der Waals surface area contributed by atoms with Crippen molar-refractivity contribution in [3.8, 4) is 23.0 Å². The minimum atomic E-state index is -0.446. The molecule has 0 saturated carbocycles. The Labute approximate surface area is 124 Å². The number of Topliss-reactive ketones (excluding diaryl/α,β-unsaturated/α-hetero) is 2. The summed E-state index contributed by atoms with van der Waals surface area (Å²) in [7, 11) is 0. The molecule has 96 valence electrons. The van der Waals surface area contributed by atoms with Crippen LogP contribution < -0.4 is 0 Å². The molecule has 0 fully saturated rings. The number of fused-ring (bicyclic) bond motifs is 3. The van der Waals surface area contributed by atoms with Gasteiger partial charge in [0.15, 0.2) is 0 Å². The third kappa shape index (κ3) is 1.99. The van der Waals surface area contributed by atoms with Crippen molar-refractivity contribution in [3.05, 3.63) is 59.2 Å². The van der Waals surface area contributed by atoms with Gasteiger partial charge >= 0.3 is 0 Å². The lowest BCUT2D eigenvalue weighted by atomic mass is 9.83. The lowest BCUT2D eigenvalue weighted by molar-refractivity contribution is 0.0815. The van der Waals surface area contributed by atoms with Crippen LogP contribution in [-0.2, 0) is 0 Å². The summed E-state index contributed by atoms with van der Waals surface area (Å²) in [5, 5.41) is 0.595. The van der Waals surface area contributed by atoms with Crippen LogP contribution in [0.1, 0.15) is 26.3 Å². The van der Waals surface area contributed by atoms with Gasteiger partial charge in [-0.1, -0.05) is 52.0 Å². The normalized spacial score (nSPS) is 12.2. The minimum Gasteiger partial charge on any atom is -0.285 e. The van der Waals surface area contributed by atoms with E-state index in [1.165, 1.54) is 0 Å². The third-order valence-corrected chi connectivity index (χ3v) is 3.51. The highest BCUT2D eigenvalue weighted by molar-refractivity contribution is 9.09. The molecule has 1 aliphatic rings. The zero-order valence-electron chi connectivity index (χ0n) is 10.4. The van der Waals surface area contributed by atoms with Crippen LogP contribution in [0.15, 0.2) is 42.5 Å². The Hall–Kier alpha value is -2.18. The maximum atomic E-state index is 12.1. The average molecular weight is 325 g/mol. The standard InChI is InChI=1S/C17H9BrO2/c18-9-3-4-11-7-8-14-15(10-11)12-5-1-2-6-13(12)16(19)17(14)20/h1-2,5-8,10H,9H2. The molecule has 2 nitrogen and oxygen atoms in total. The second-order valence-electron chi connectivity index (χ2n) is 4.40. The number of halogens is 1. The van der Waals surface area contributed by atoms with Gasteiger partial charge in [0.25, 0.3) is 0 Å². The van der Waals surface area contributed by atoms with Crippen LogP contribution in [0.5, 0.6) is 0 Å². The highest BCUT2D eigenvalue weighted by Gasteiger charge is 2.29. The van der Waals surface area contributed by atoms with E-state index in [-0.39, 0.29) is 0 Å². The monoisotopic (exact) mass is 324 g/mol. The molecule has 0 radical (unpaired) electrons. The Kier molecular flexibility index (Phi) is 3.25. The Balaban J connectivity index is 2.26. The van der Waals surface area contributed by atoms with Crippen LogP contribution in [-0.4, -0.2) is 16.9 Å². The first-order valence-corrected chi connectivity index (χ1v) is 7.22. The fraction of sp³-hybridized carbons (Fsp3) is 0.0588. The van der Waals surface area contributed by atoms with Gasteiger partial charge in [0, 0.05) is 16.7 Å². The van der Waals surface area contributed by atoms with Gasteiger partial charge in [-0.25, -0.2) is 0 Å². The van der Waals surface area contributed by atoms with Gasteiger partial charge in [0.05, 0.1) is 5.33 Å². The summed E-state index contributed by atoms with van der Waals surface area (Å²) in [6.07, 6.45) is 0. The number of benzene rings is 2. The summed E-state index contributed by atoms with van der Waals surface area (Å²) < 4.78 is 0. The van der Waals surface area contributed by atoms with Crippen molar-refractivity contribution >= 4 is 27.5 Å². The molecule has 2 aromatic carbocycles. The summed E-state index contributed by atoms with van der Waals surface area (Å²) in [4.78, 5) is 24.2. The highest BCUT2D eigenvalue weighted by Crippen LogP contribution is 2.33. The van der Waals surface area contributed by atoms with E-state index in [0.29, 0.717) is 16.5 Å². The smallest absolute Gasteiger partial charge is 0.234 e. The quantitative estimate of drug-likeness (QED) is 0.422. The third-order valence-electron chi connectivity index (χ3n) is 3.23. The van der Waals surface area contributed by atoms with Crippen molar-refractivity contribution in [3.63, 3.8) is 0 Å². The molecule has 0 saturated heterocycles. The predicted octanol–water partition coefficient (Wildman–Crippen LogP) is 3.48. The molecule has 0 bridgehead atoms. The van der Waals surface area contributed by atoms with Gasteiger partial charge in [0.2, 0.25) is 11.6 Å². The summed E-state index contributed by atoms with van der Waals surface area (Å²) in [6, 6.07) is 12.5. The molecule has 0 heterocycles. The molecule has 0 amide bonds. The molecular formula is C17H9BrO2. The summed E-state index contributed by atoms with van der Waals surface area (Å²) >= 11 is 3.25. The van der Waals surface area contributed by atoms with Crippen molar-refractivity contribution in [1.29, 1.82) is 0 Å². The van der Waals surface area contributed by atoms with Gasteiger partial charge in [-0.2, -0.15) is 0 Å². The predicted molar refractivity (Wildman–Crippen MR) is 81.2 cm³/mol. The van der Waals surface area contributed by atoms with E-state index >= 15 is 0 Å². The van der Waals surface area contributed by atoms with Crippen LogP contribution in [0, 0.1) is 11.8 Å². The zero-order valence-corrected chi connectivity index (χ0v) is 12.0. The molecule has 0 N–H and O–H groups in total. The van der Waals surface area contributed by atoms with E-state index in [9.17, 15) is 9.59 Å². The molecule has 0 spiro atoms. The minimum absolute atomic E-state index is 0.438. The number of hydrogen-bond acceptors (Lipinski definition) is 2. The van der Waals surface area contributed by atoms with Crippen molar-refractivity contribution in [2.24, 2.45) is 0 Å². The Morgan fingerprint density at radius 1 is 0.850 bits per heavy atom. The maximum absolute atomic E-state index is 12.1. The average Bonchev–Trinajstić information content (AvgIpc) is 2.50. The second-order valence-corrected chi connectivity index (χ2v) is 4.96. The van der Waals surface area contributed by atoms with E-state index in [1.54, 1.807) is 24.3 Å².